The largest absolute Gasteiger partial charge is 0.497 e. The summed E-state index contributed by atoms with van der Waals surface area (Å²) in [6, 6.07) is 7.03. The molecule has 0 saturated carbocycles. The fourth-order valence-electron chi connectivity index (χ4n) is 2.53. The number of hydrogen-bond acceptors (Lipinski definition) is 4. The van der Waals surface area contributed by atoms with Crippen molar-refractivity contribution in [2.75, 3.05) is 13.7 Å². The molecule has 1 aliphatic heterocycles. The first-order valence-electron chi connectivity index (χ1n) is 7.13. The number of aliphatic hydroxyl groups is 1. The van der Waals surface area contributed by atoms with E-state index in [0.29, 0.717) is 18.7 Å². The summed E-state index contributed by atoms with van der Waals surface area (Å²) in [5.41, 5.74) is 0.300. The van der Waals surface area contributed by atoms with Crippen molar-refractivity contribution in [1.82, 2.24) is 4.90 Å². The van der Waals surface area contributed by atoms with Crippen LogP contribution in [0.5, 0.6) is 5.75 Å². The van der Waals surface area contributed by atoms with Crippen LogP contribution in [0.15, 0.2) is 24.3 Å². The van der Waals surface area contributed by atoms with Crippen LogP contribution in [0, 0.1) is 0 Å². The molecule has 1 N–H and O–H groups in total. The Morgan fingerprint density at radius 3 is 2.71 bits per heavy atom. The van der Waals surface area contributed by atoms with Gasteiger partial charge < -0.3 is 14.6 Å². The lowest BCUT2D eigenvalue weighted by Gasteiger charge is -2.29. The summed E-state index contributed by atoms with van der Waals surface area (Å²) in [6.07, 6.45) is -0.447. The molecule has 2 atom stereocenters. The summed E-state index contributed by atoms with van der Waals surface area (Å²) < 4.78 is 10.6. The van der Waals surface area contributed by atoms with Crippen LogP contribution < -0.4 is 4.74 Å². The van der Waals surface area contributed by atoms with Gasteiger partial charge in [-0.2, -0.15) is 0 Å². The number of aliphatic hydroxyl groups excluding tert-OH is 1. The van der Waals surface area contributed by atoms with Crippen LogP contribution in [0.1, 0.15) is 38.8 Å². The molecule has 0 bridgehead atoms. The fraction of sp³-hybridized carbons (Fsp3) is 0.562. The Labute approximate surface area is 125 Å². The predicted molar refractivity (Wildman–Crippen MR) is 79.3 cm³/mol. The zero-order chi connectivity index (χ0) is 15.6. The molecule has 1 fully saturated rings. The Morgan fingerprint density at radius 1 is 1.38 bits per heavy atom. The Morgan fingerprint density at radius 2 is 2.10 bits per heavy atom. The standard InChI is InChI=1S/C16H23NO4/c1-16(2,3)21-15(19)17-9-8-13(18)14(17)11-6-5-7-12(10-11)20-4/h5-7,10,13-14,18H,8-9H2,1-4H3/t13-,14-/m0/s1. The number of hydrogen-bond donors (Lipinski definition) is 1. The van der Waals surface area contributed by atoms with Gasteiger partial charge in [0.1, 0.15) is 11.4 Å². The Bertz CT molecular complexity index is 509. The number of benzene rings is 1. The van der Waals surface area contributed by atoms with E-state index in [2.05, 4.69) is 0 Å². The molecular weight excluding hydrogens is 270 g/mol. The fourth-order valence-corrected chi connectivity index (χ4v) is 2.53. The Hall–Kier alpha value is -1.75. The molecule has 5 heteroatoms. The number of rotatable bonds is 2. The molecule has 5 nitrogen and oxygen atoms in total. The molecule has 0 aromatic heterocycles. The molecule has 1 aliphatic rings. The minimum absolute atomic E-state index is 0.394. The van der Waals surface area contributed by atoms with Gasteiger partial charge in [-0.15, -0.1) is 0 Å². The molecular formula is C16H23NO4. The minimum atomic E-state index is -0.593. The lowest BCUT2D eigenvalue weighted by molar-refractivity contribution is 0.0152. The van der Waals surface area contributed by atoms with Crippen molar-refractivity contribution in [3.63, 3.8) is 0 Å². The summed E-state index contributed by atoms with van der Waals surface area (Å²) in [5.74, 6) is 0.704. The number of likely N-dealkylation sites (tertiary alicyclic amines) is 1. The number of carbonyl (C=O) groups is 1. The van der Waals surface area contributed by atoms with Gasteiger partial charge in [0.25, 0.3) is 0 Å². The van der Waals surface area contributed by atoms with E-state index in [1.807, 2.05) is 45.0 Å². The minimum Gasteiger partial charge on any atom is -0.497 e. The summed E-state index contributed by atoms with van der Waals surface area (Å²) in [5, 5.41) is 10.2. The van der Waals surface area contributed by atoms with Gasteiger partial charge in [-0.3, -0.25) is 4.90 Å². The van der Waals surface area contributed by atoms with Gasteiger partial charge >= 0.3 is 6.09 Å². The highest BCUT2D eigenvalue weighted by Gasteiger charge is 2.39. The lowest BCUT2D eigenvalue weighted by atomic mass is 10.0. The summed E-state index contributed by atoms with van der Waals surface area (Å²) >= 11 is 0. The summed E-state index contributed by atoms with van der Waals surface area (Å²) in [4.78, 5) is 13.9. The van der Waals surface area contributed by atoms with E-state index in [-0.39, 0.29) is 0 Å². The van der Waals surface area contributed by atoms with Crippen LogP contribution in [0.4, 0.5) is 4.79 Å². The van der Waals surface area contributed by atoms with Crippen LogP contribution in [0.25, 0.3) is 0 Å². The molecule has 1 heterocycles. The molecule has 1 aromatic rings. The van der Waals surface area contributed by atoms with Gasteiger partial charge in [0.05, 0.1) is 19.3 Å². The lowest BCUT2D eigenvalue weighted by Crippen LogP contribution is -2.38. The van der Waals surface area contributed by atoms with E-state index < -0.39 is 23.8 Å². The highest BCUT2D eigenvalue weighted by Crippen LogP contribution is 2.34. The topological polar surface area (TPSA) is 59.0 Å². The van der Waals surface area contributed by atoms with Crippen LogP contribution in [0.3, 0.4) is 0 Å². The van der Waals surface area contributed by atoms with E-state index in [4.69, 9.17) is 9.47 Å². The smallest absolute Gasteiger partial charge is 0.410 e. The number of methoxy groups -OCH3 is 1. The van der Waals surface area contributed by atoms with Crippen LogP contribution in [0.2, 0.25) is 0 Å². The van der Waals surface area contributed by atoms with Crippen LogP contribution in [-0.2, 0) is 4.74 Å². The van der Waals surface area contributed by atoms with Gasteiger partial charge in [-0.1, -0.05) is 12.1 Å². The molecule has 0 aliphatic carbocycles. The number of amides is 1. The molecule has 116 valence electrons. The van der Waals surface area contributed by atoms with Gasteiger partial charge in [0.2, 0.25) is 0 Å². The number of carbonyl (C=O) groups excluding carboxylic acids is 1. The maximum atomic E-state index is 12.3. The molecule has 0 radical (unpaired) electrons. The Balaban J connectivity index is 2.24. The highest BCUT2D eigenvalue weighted by molar-refractivity contribution is 5.69. The first kappa shape index (κ1) is 15.6. The molecule has 1 amide bonds. The van der Waals surface area contributed by atoms with Crippen molar-refractivity contribution in [3.05, 3.63) is 29.8 Å². The second kappa shape index (κ2) is 5.93. The van der Waals surface area contributed by atoms with Crippen molar-refractivity contribution in [2.45, 2.75) is 44.9 Å². The quantitative estimate of drug-likeness (QED) is 0.911. The zero-order valence-electron chi connectivity index (χ0n) is 13.0. The van der Waals surface area contributed by atoms with Crippen molar-refractivity contribution in [2.24, 2.45) is 0 Å². The third-order valence-corrected chi connectivity index (χ3v) is 3.43. The van der Waals surface area contributed by atoms with Crippen molar-refractivity contribution >= 4 is 6.09 Å². The van der Waals surface area contributed by atoms with Gasteiger partial charge in [-0.25, -0.2) is 4.79 Å². The molecule has 1 saturated heterocycles. The predicted octanol–water partition coefficient (Wildman–Crippen LogP) is 2.74. The third-order valence-electron chi connectivity index (χ3n) is 3.43. The maximum absolute atomic E-state index is 12.3. The normalized spacial score (nSPS) is 22.2. The average Bonchev–Trinajstić information content (AvgIpc) is 2.79. The van der Waals surface area contributed by atoms with E-state index in [1.54, 1.807) is 12.0 Å². The van der Waals surface area contributed by atoms with Gasteiger partial charge in [0.15, 0.2) is 0 Å². The molecule has 0 unspecified atom stereocenters. The summed E-state index contributed by atoms with van der Waals surface area (Å²) in [6.45, 7) is 5.98. The zero-order valence-corrected chi connectivity index (χ0v) is 13.0. The SMILES string of the molecule is COc1cccc([C@H]2[C@@H](O)CCN2C(=O)OC(C)(C)C)c1. The maximum Gasteiger partial charge on any atom is 0.410 e. The second-order valence-corrected chi connectivity index (χ2v) is 6.25. The first-order chi connectivity index (χ1) is 9.81. The van der Waals surface area contributed by atoms with Gasteiger partial charge in [-0.05, 0) is 44.9 Å². The van der Waals surface area contributed by atoms with Crippen molar-refractivity contribution in [1.29, 1.82) is 0 Å². The molecule has 0 spiro atoms. The molecule has 1 aromatic carbocycles. The van der Waals surface area contributed by atoms with Gasteiger partial charge in [0, 0.05) is 6.54 Å². The number of ether oxygens (including phenoxy) is 2. The Kier molecular flexibility index (Phi) is 4.42. The highest BCUT2D eigenvalue weighted by atomic mass is 16.6. The summed E-state index contributed by atoms with van der Waals surface area (Å²) in [7, 11) is 1.59. The van der Waals surface area contributed by atoms with Crippen molar-refractivity contribution in [3.8, 4) is 5.75 Å². The van der Waals surface area contributed by atoms with Crippen LogP contribution in [-0.4, -0.2) is 41.5 Å². The molecule has 2 rings (SSSR count). The van der Waals surface area contributed by atoms with Crippen LogP contribution >= 0.6 is 0 Å². The van der Waals surface area contributed by atoms with E-state index in [1.165, 1.54) is 0 Å². The second-order valence-electron chi connectivity index (χ2n) is 6.25. The first-order valence-corrected chi connectivity index (χ1v) is 7.13. The van der Waals surface area contributed by atoms with Crippen molar-refractivity contribution < 1.29 is 19.4 Å². The van der Waals surface area contributed by atoms with E-state index in [0.717, 1.165) is 5.56 Å². The average molecular weight is 293 g/mol. The van der Waals surface area contributed by atoms with E-state index in [9.17, 15) is 9.90 Å². The number of nitrogens with zero attached hydrogens (tertiary/aromatic N) is 1. The monoisotopic (exact) mass is 293 g/mol. The third kappa shape index (κ3) is 3.67. The van der Waals surface area contributed by atoms with E-state index >= 15 is 0 Å². The molecule has 21 heavy (non-hydrogen) atoms.